The summed E-state index contributed by atoms with van der Waals surface area (Å²) >= 11 is 0. The molecule has 1 saturated carbocycles. The lowest BCUT2D eigenvalue weighted by molar-refractivity contribution is 0.244. The van der Waals surface area contributed by atoms with Crippen LogP contribution in [0.2, 0.25) is 0 Å². The number of piperidine rings is 1. The maximum absolute atomic E-state index is 4.44. The summed E-state index contributed by atoms with van der Waals surface area (Å²) in [7, 11) is 0. The third-order valence-electron chi connectivity index (χ3n) is 5.50. The molecule has 3 heteroatoms. The standard InChI is InChI=1S/C17H29N3/c1-2-14-3-5-15(6-4-14)12-20-13-19-11-17(20)16-7-9-18-10-8-16/h11,13-16,18H,2-10,12H2,1H3. The molecule has 20 heavy (non-hydrogen) atoms. The van der Waals surface area contributed by atoms with Gasteiger partial charge in [0.15, 0.2) is 0 Å². The third kappa shape index (κ3) is 3.25. The largest absolute Gasteiger partial charge is 0.334 e. The van der Waals surface area contributed by atoms with Crippen molar-refractivity contribution in [2.75, 3.05) is 13.1 Å². The Bertz CT molecular complexity index is 398. The van der Waals surface area contributed by atoms with Crippen LogP contribution in [0.5, 0.6) is 0 Å². The predicted molar refractivity (Wildman–Crippen MR) is 82.8 cm³/mol. The van der Waals surface area contributed by atoms with Crippen LogP contribution >= 0.6 is 0 Å². The van der Waals surface area contributed by atoms with Crippen LogP contribution in [0.3, 0.4) is 0 Å². The van der Waals surface area contributed by atoms with E-state index in [0.29, 0.717) is 0 Å². The Labute approximate surface area is 123 Å². The maximum atomic E-state index is 4.44. The van der Waals surface area contributed by atoms with Gasteiger partial charge in [0.05, 0.1) is 6.33 Å². The smallest absolute Gasteiger partial charge is 0.0948 e. The third-order valence-corrected chi connectivity index (χ3v) is 5.50. The summed E-state index contributed by atoms with van der Waals surface area (Å²) in [5, 5.41) is 3.46. The predicted octanol–water partition coefficient (Wildman–Crippen LogP) is 3.57. The van der Waals surface area contributed by atoms with E-state index in [2.05, 4.69) is 34.3 Å². The second kappa shape index (κ2) is 6.75. The molecule has 112 valence electrons. The summed E-state index contributed by atoms with van der Waals surface area (Å²) in [6.45, 7) is 5.88. The van der Waals surface area contributed by atoms with Crippen molar-refractivity contribution >= 4 is 0 Å². The minimum atomic E-state index is 0.728. The zero-order valence-corrected chi connectivity index (χ0v) is 12.9. The molecular formula is C17H29N3. The fourth-order valence-electron chi connectivity index (χ4n) is 4.04. The van der Waals surface area contributed by atoms with E-state index in [1.165, 1.54) is 57.2 Å². The van der Waals surface area contributed by atoms with Gasteiger partial charge in [-0.05, 0) is 50.6 Å². The molecular weight excluding hydrogens is 246 g/mol. The molecule has 1 aliphatic heterocycles. The van der Waals surface area contributed by atoms with E-state index in [4.69, 9.17) is 0 Å². The molecule has 0 atom stereocenters. The van der Waals surface area contributed by atoms with Crippen LogP contribution in [0.4, 0.5) is 0 Å². The van der Waals surface area contributed by atoms with Crippen molar-refractivity contribution < 1.29 is 0 Å². The Hall–Kier alpha value is -0.830. The van der Waals surface area contributed by atoms with Crippen LogP contribution < -0.4 is 5.32 Å². The van der Waals surface area contributed by atoms with Gasteiger partial charge >= 0.3 is 0 Å². The van der Waals surface area contributed by atoms with Crippen molar-refractivity contribution in [2.24, 2.45) is 11.8 Å². The average molecular weight is 275 g/mol. The Morgan fingerprint density at radius 3 is 2.50 bits per heavy atom. The fraction of sp³-hybridized carbons (Fsp3) is 0.824. The molecule has 1 aromatic heterocycles. The summed E-state index contributed by atoms with van der Waals surface area (Å²) in [5.74, 6) is 2.61. The molecule has 1 aromatic rings. The molecule has 0 radical (unpaired) electrons. The highest BCUT2D eigenvalue weighted by Crippen LogP contribution is 2.33. The Morgan fingerprint density at radius 1 is 1.10 bits per heavy atom. The van der Waals surface area contributed by atoms with Gasteiger partial charge in [0.25, 0.3) is 0 Å². The van der Waals surface area contributed by atoms with Gasteiger partial charge in [0.2, 0.25) is 0 Å². The molecule has 3 rings (SSSR count). The molecule has 1 aliphatic carbocycles. The first-order chi connectivity index (χ1) is 9.86. The van der Waals surface area contributed by atoms with Crippen LogP contribution in [0, 0.1) is 11.8 Å². The van der Waals surface area contributed by atoms with Crippen LogP contribution in [0.1, 0.15) is 63.5 Å². The summed E-state index contributed by atoms with van der Waals surface area (Å²) in [6.07, 6.45) is 13.8. The minimum absolute atomic E-state index is 0.728. The Balaban J connectivity index is 1.59. The molecule has 1 N–H and O–H groups in total. The highest BCUT2D eigenvalue weighted by atomic mass is 15.1. The van der Waals surface area contributed by atoms with Gasteiger partial charge in [-0.3, -0.25) is 0 Å². The molecule has 0 aromatic carbocycles. The van der Waals surface area contributed by atoms with E-state index >= 15 is 0 Å². The van der Waals surface area contributed by atoms with Crippen molar-refractivity contribution in [3.63, 3.8) is 0 Å². The second-order valence-corrected chi connectivity index (χ2v) is 6.79. The Morgan fingerprint density at radius 2 is 1.80 bits per heavy atom. The first-order valence-electron chi connectivity index (χ1n) is 8.57. The van der Waals surface area contributed by atoms with Crippen molar-refractivity contribution in [1.29, 1.82) is 0 Å². The number of hydrogen-bond donors (Lipinski definition) is 1. The van der Waals surface area contributed by atoms with Crippen molar-refractivity contribution in [1.82, 2.24) is 14.9 Å². The topological polar surface area (TPSA) is 29.9 Å². The van der Waals surface area contributed by atoms with Crippen LogP contribution in [0.15, 0.2) is 12.5 Å². The molecule has 3 nitrogen and oxygen atoms in total. The number of rotatable bonds is 4. The van der Waals surface area contributed by atoms with Crippen molar-refractivity contribution in [3.8, 4) is 0 Å². The van der Waals surface area contributed by atoms with E-state index < -0.39 is 0 Å². The average Bonchev–Trinajstić information content (AvgIpc) is 2.97. The number of hydrogen-bond acceptors (Lipinski definition) is 2. The van der Waals surface area contributed by atoms with E-state index in [1.54, 1.807) is 0 Å². The molecule has 0 unspecified atom stereocenters. The van der Waals surface area contributed by atoms with Gasteiger partial charge in [-0.1, -0.05) is 26.2 Å². The van der Waals surface area contributed by atoms with Crippen LogP contribution in [-0.4, -0.2) is 22.6 Å². The molecule has 1 saturated heterocycles. The normalized spacial score (nSPS) is 28.6. The van der Waals surface area contributed by atoms with Crippen molar-refractivity contribution in [2.45, 2.75) is 64.3 Å². The zero-order valence-electron chi connectivity index (χ0n) is 12.9. The quantitative estimate of drug-likeness (QED) is 0.910. The van der Waals surface area contributed by atoms with Gasteiger partial charge in [-0.2, -0.15) is 0 Å². The SMILES string of the molecule is CCC1CCC(Cn2cncc2C2CCNCC2)CC1. The fourth-order valence-corrected chi connectivity index (χ4v) is 4.04. The van der Waals surface area contributed by atoms with Gasteiger partial charge in [0, 0.05) is 24.4 Å². The summed E-state index contributed by atoms with van der Waals surface area (Å²) < 4.78 is 2.47. The van der Waals surface area contributed by atoms with Gasteiger partial charge in [-0.25, -0.2) is 4.98 Å². The zero-order chi connectivity index (χ0) is 13.8. The highest BCUT2D eigenvalue weighted by molar-refractivity contribution is 5.08. The molecule has 2 heterocycles. The van der Waals surface area contributed by atoms with E-state index in [1.807, 2.05) is 0 Å². The van der Waals surface area contributed by atoms with E-state index in [9.17, 15) is 0 Å². The van der Waals surface area contributed by atoms with Gasteiger partial charge in [0.1, 0.15) is 0 Å². The number of nitrogens with zero attached hydrogens (tertiary/aromatic N) is 2. The van der Waals surface area contributed by atoms with Crippen LogP contribution in [-0.2, 0) is 6.54 Å². The number of nitrogens with one attached hydrogen (secondary N) is 1. The van der Waals surface area contributed by atoms with E-state index in [0.717, 1.165) is 30.8 Å². The first-order valence-corrected chi connectivity index (χ1v) is 8.57. The lowest BCUT2D eigenvalue weighted by atomic mass is 9.81. The molecule has 2 fully saturated rings. The molecule has 0 spiro atoms. The van der Waals surface area contributed by atoms with Crippen molar-refractivity contribution in [3.05, 3.63) is 18.2 Å². The molecule has 0 bridgehead atoms. The summed E-state index contributed by atoms with van der Waals surface area (Å²) in [4.78, 5) is 4.44. The minimum Gasteiger partial charge on any atom is -0.334 e. The maximum Gasteiger partial charge on any atom is 0.0948 e. The van der Waals surface area contributed by atoms with E-state index in [-0.39, 0.29) is 0 Å². The second-order valence-electron chi connectivity index (χ2n) is 6.79. The summed E-state index contributed by atoms with van der Waals surface area (Å²) in [5.41, 5.74) is 1.49. The highest BCUT2D eigenvalue weighted by Gasteiger charge is 2.23. The lowest BCUT2D eigenvalue weighted by Crippen LogP contribution is -2.28. The molecule has 2 aliphatic rings. The summed E-state index contributed by atoms with van der Waals surface area (Å²) in [6, 6.07) is 0. The van der Waals surface area contributed by atoms with Gasteiger partial charge in [-0.15, -0.1) is 0 Å². The Kier molecular flexibility index (Phi) is 4.77. The number of aromatic nitrogens is 2. The van der Waals surface area contributed by atoms with Gasteiger partial charge < -0.3 is 9.88 Å². The number of imidazole rings is 1. The van der Waals surface area contributed by atoms with Crippen LogP contribution in [0.25, 0.3) is 0 Å². The monoisotopic (exact) mass is 275 g/mol. The molecule has 0 amide bonds. The first kappa shape index (κ1) is 14.1. The lowest BCUT2D eigenvalue weighted by Gasteiger charge is -2.29.